The first-order valence-electron chi connectivity index (χ1n) is 6.27. The third kappa shape index (κ3) is 5.95. The molecule has 11 nitrogen and oxygen atoms in total. The molecule has 0 radical (unpaired) electrons. The number of nitrogens with zero attached hydrogens (tertiary/aromatic N) is 2. The van der Waals surface area contributed by atoms with E-state index in [0.29, 0.717) is 0 Å². The number of nitrogens with one attached hydrogen (secondary N) is 1. The number of amides is 1. The van der Waals surface area contributed by atoms with Crippen LogP contribution in [0.5, 0.6) is 0 Å². The highest BCUT2D eigenvalue weighted by Gasteiger charge is 2.18. The lowest BCUT2D eigenvalue weighted by atomic mass is 10.2. The van der Waals surface area contributed by atoms with E-state index in [1.54, 1.807) is 0 Å². The standard InChI is InChI=1S/C12H13N3O8/c1-7(2-11(16)17)13-12(18)23-6-8-3-9(14(19)20)5-10(4-8)15(21)22/h3-5,7H,2,6H2,1H3,(H,13,18)(H,16,17)/t7-/m1/s1. The highest BCUT2D eigenvalue weighted by Crippen LogP contribution is 2.23. The molecule has 1 aromatic rings. The molecule has 0 aliphatic carbocycles. The van der Waals surface area contributed by atoms with Crippen LogP contribution in [0.4, 0.5) is 16.2 Å². The summed E-state index contributed by atoms with van der Waals surface area (Å²) in [5.41, 5.74) is -0.943. The summed E-state index contributed by atoms with van der Waals surface area (Å²) in [5, 5.41) is 32.2. The van der Waals surface area contributed by atoms with Crippen molar-refractivity contribution in [2.75, 3.05) is 0 Å². The first kappa shape index (κ1) is 17.8. The van der Waals surface area contributed by atoms with Gasteiger partial charge in [-0.3, -0.25) is 25.0 Å². The van der Waals surface area contributed by atoms with E-state index < -0.39 is 45.9 Å². The van der Waals surface area contributed by atoms with Gasteiger partial charge in [0, 0.05) is 23.7 Å². The predicted molar refractivity (Wildman–Crippen MR) is 74.8 cm³/mol. The Bertz CT molecular complexity index is 613. The lowest BCUT2D eigenvalue weighted by molar-refractivity contribution is -0.394. The fourth-order valence-electron chi connectivity index (χ4n) is 1.66. The second kappa shape index (κ2) is 7.68. The summed E-state index contributed by atoms with van der Waals surface area (Å²) in [6.45, 7) is 1.02. The molecule has 0 unspecified atom stereocenters. The molecule has 1 atom stereocenters. The molecule has 0 aliphatic rings. The van der Waals surface area contributed by atoms with Crippen LogP contribution in [-0.2, 0) is 16.1 Å². The first-order valence-corrected chi connectivity index (χ1v) is 6.27. The van der Waals surface area contributed by atoms with Crippen LogP contribution in [0.1, 0.15) is 18.9 Å². The monoisotopic (exact) mass is 327 g/mol. The van der Waals surface area contributed by atoms with E-state index in [1.807, 2.05) is 0 Å². The number of carbonyl (C=O) groups excluding carboxylic acids is 1. The minimum Gasteiger partial charge on any atom is -0.481 e. The summed E-state index contributed by atoms with van der Waals surface area (Å²) in [6.07, 6.45) is -1.25. The van der Waals surface area contributed by atoms with E-state index in [9.17, 15) is 29.8 Å². The molecular formula is C12H13N3O8. The number of ether oxygens (including phenoxy) is 1. The summed E-state index contributed by atoms with van der Waals surface area (Å²) in [4.78, 5) is 41.7. The Hall–Kier alpha value is -3.24. The number of rotatable bonds is 7. The molecule has 1 amide bonds. The Morgan fingerprint density at radius 1 is 1.22 bits per heavy atom. The zero-order chi connectivity index (χ0) is 17.6. The third-order valence-electron chi connectivity index (χ3n) is 2.60. The quantitative estimate of drug-likeness (QED) is 0.563. The average Bonchev–Trinajstić information content (AvgIpc) is 2.43. The SMILES string of the molecule is C[C@H](CC(=O)O)NC(=O)OCc1cc([N+](=O)[O-])cc([N+](=O)[O-])c1. The van der Waals surface area contributed by atoms with E-state index in [2.05, 4.69) is 5.32 Å². The largest absolute Gasteiger partial charge is 0.481 e. The highest BCUT2D eigenvalue weighted by atomic mass is 16.6. The van der Waals surface area contributed by atoms with E-state index in [-0.39, 0.29) is 12.0 Å². The molecule has 11 heteroatoms. The second-order valence-corrected chi connectivity index (χ2v) is 4.59. The third-order valence-corrected chi connectivity index (χ3v) is 2.60. The molecule has 0 saturated heterocycles. The van der Waals surface area contributed by atoms with Crippen molar-refractivity contribution in [1.82, 2.24) is 5.32 Å². The first-order chi connectivity index (χ1) is 10.7. The molecule has 0 heterocycles. The van der Waals surface area contributed by atoms with Gasteiger partial charge in [0.1, 0.15) is 6.61 Å². The molecule has 124 valence electrons. The second-order valence-electron chi connectivity index (χ2n) is 4.59. The van der Waals surface area contributed by atoms with Crippen molar-refractivity contribution in [1.29, 1.82) is 0 Å². The van der Waals surface area contributed by atoms with Crippen molar-refractivity contribution >= 4 is 23.4 Å². The van der Waals surface area contributed by atoms with Gasteiger partial charge < -0.3 is 15.2 Å². The van der Waals surface area contributed by atoms with Crippen molar-refractivity contribution in [3.8, 4) is 0 Å². The molecule has 2 N–H and O–H groups in total. The zero-order valence-electron chi connectivity index (χ0n) is 11.9. The maximum atomic E-state index is 11.5. The van der Waals surface area contributed by atoms with Crippen LogP contribution in [0.3, 0.4) is 0 Å². The minimum atomic E-state index is -1.10. The van der Waals surface area contributed by atoms with Gasteiger partial charge in [-0.2, -0.15) is 0 Å². The van der Waals surface area contributed by atoms with Gasteiger partial charge in [0.15, 0.2) is 0 Å². The van der Waals surface area contributed by atoms with Crippen molar-refractivity contribution in [2.24, 2.45) is 0 Å². The summed E-state index contributed by atoms with van der Waals surface area (Å²) in [5.74, 6) is -1.10. The van der Waals surface area contributed by atoms with E-state index in [0.717, 1.165) is 18.2 Å². The van der Waals surface area contributed by atoms with Crippen molar-refractivity contribution < 1.29 is 29.3 Å². The fraction of sp³-hybridized carbons (Fsp3) is 0.333. The van der Waals surface area contributed by atoms with E-state index in [4.69, 9.17) is 9.84 Å². The highest BCUT2D eigenvalue weighted by molar-refractivity contribution is 5.71. The van der Waals surface area contributed by atoms with Crippen LogP contribution < -0.4 is 5.32 Å². The normalized spacial score (nSPS) is 11.3. The molecule has 0 aliphatic heterocycles. The smallest absolute Gasteiger partial charge is 0.407 e. The van der Waals surface area contributed by atoms with Crippen LogP contribution >= 0.6 is 0 Å². The van der Waals surface area contributed by atoms with E-state index in [1.165, 1.54) is 6.92 Å². The number of nitro groups is 2. The Kier molecular flexibility index (Phi) is 5.95. The van der Waals surface area contributed by atoms with Crippen LogP contribution in [0.25, 0.3) is 0 Å². The Morgan fingerprint density at radius 2 is 1.74 bits per heavy atom. The molecule has 23 heavy (non-hydrogen) atoms. The molecule has 0 fully saturated rings. The van der Waals surface area contributed by atoms with Crippen molar-refractivity contribution in [2.45, 2.75) is 26.0 Å². The number of carboxylic acid groups (broad SMARTS) is 1. The maximum Gasteiger partial charge on any atom is 0.407 e. The molecule has 0 saturated carbocycles. The lowest BCUT2D eigenvalue weighted by Gasteiger charge is -2.11. The maximum absolute atomic E-state index is 11.5. The number of carbonyl (C=O) groups is 2. The van der Waals surface area contributed by atoms with Gasteiger partial charge >= 0.3 is 12.1 Å². The van der Waals surface area contributed by atoms with Gasteiger partial charge in [0.05, 0.1) is 22.3 Å². The van der Waals surface area contributed by atoms with Crippen LogP contribution in [0.2, 0.25) is 0 Å². The lowest BCUT2D eigenvalue weighted by Crippen LogP contribution is -2.34. The summed E-state index contributed by atoms with van der Waals surface area (Å²) in [6, 6.07) is 2.19. The Balaban J connectivity index is 2.73. The molecule has 0 spiro atoms. The van der Waals surface area contributed by atoms with Crippen LogP contribution in [0.15, 0.2) is 18.2 Å². The molecule has 1 aromatic carbocycles. The molecule has 1 rings (SSSR count). The topological polar surface area (TPSA) is 162 Å². The molecule has 0 bridgehead atoms. The van der Waals surface area contributed by atoms with Crippen LogP contribution in [-0.4, -0.2) is 33.1 Å². The number of non-ortho nitro benzene ring substituents is 2. The van der Waals surface area contributed by atoms with Gasteiger partial charge in [0.25, 0.3) is 11.4 Å². The number of aliphatic carboxylic acids is 1. The zero-order valence-corrected chi connectivity index (χ0v) is 11.9. The van der Waals surface area contributed by atoms with Gasteiger partial charge in [-0.1, -0.05) is 0 Å². The number of benzene rings is 1. The van der Waals surface area contributed by atoms with Gasteiger partial charge in [-0.25, -0.2) is 4.79 Å². The van der Waals surface area contributed by atoms with Crippen molar-refractivity contribution in [3.63, 3.8) is 0 Å². The summed E-state index contributed by atoms with van der Waals surface area (Å²) >= 11 is 0. The predicted octanol–water partition coefficient (Wildman–Crippen LogP) is 1.59. The fourth-order valence-corrected chi connectivity index (χ4v) is 1.66. The number of carboxylic acids is 1. The van der Waals surface area contributed by atoms with Gasteiger partial charge in [0.2, 0.25) is 0 Å². The van der Waals surface area contributed by atoms with Crippen LogP contribution in [0, 0.1) is 20.2 Å². The summed E-state index contributed by atoms with van der Waals surface area (Å²) < 4.78 is 4.76. The average molecular weight is 327 g/mol. The molecular weight excluding hydrogens is 314 g/mol. The van der Waals surface area contributed by atoms with E-state index >= 15 is 0 Å². The summed E-state index contributed by atoms with van der Waals surface area (Å²) in [7, 11) is 0. The number of nitro benzene ring substituents is 2. The Morgan fingerprint density at radius 3 is 2.17 bits per heavy atom. The Labute approximate surface area is 129 Å². The number of alkyl carbamates (subject to hydrolysis) is 1. The molecule has 0 aromatic heterocycles. The minimum absolute atomic E-state index is 0.0620. The van der Waals surface area contributed by atoms with Gasteiger partial charge in [-0.05, 0) is 6.92 Å². The number of hydrogen-bond acceptors (Lipinski definition) is 7. The van der Waals surface area contributed by atoms with Gasteiger partial charge in [-0.15, -0.1) is 0 Å². The van der Waals surface area contributed by atoms with Crippen molar-refractivity contribution in [3.05, 3.63) is 44.0 Å². The number of hydrogen-bond donors (Lipinski definition) is 2.